The van der Waals surface area contributed by atoms with Crippen molar-refractivity contribution in [3.05, 3.63) is 17.5 Å². The van der Waals surface area contributed by atoms with E-state index in [0.29, 0.717) is 0 Å². The fourth-order valence-electron chi connectivity index (χ4n) is 1.08. The van der Waals surface area contributed by atoms with Gasteiger partial charge in [-0.1, -0.05) is 0 Å². The van der Waals surface area contributed by atoms with Crippen molar-refractivity contribution in [1.29, 1.82) is 0 Å². The van der Waals surface area contributed by atoms with E-state index >= 15 is 0 Å². The number of nitrogens with one attached hydrogen (secondary N) is 2. The summed E-state index contributed by atoms with van der Waals surface area (Å²) in [5, 5.41) is 8.76. The first-order valence-corrected chi connectivity index (χ1v) is 4.08. The van der Waals surface area contributed by atoms with Crippen molar-refractivity contribution in [3.63, 3.8) is 0 Å². The smallest absolute Gasteiger partial charge is 0.272 e. The number of aryl methyl sites for hydroxylation is 1. The van der Waals surface area contributed by atoms with Gasteiger partial charge in [-0.3, -0.25) is 14.3 Å². The second kappa shape index (κ2) is 3.91. The fraction of sp³-hybridized carbons (Fsp3) is 0.375. The molecule has 1 aromatic rings. The van der Waals surface area contributed by atoms with Crippen molar-refractivity contribution in [1.82, 2.24) is 20.4 Å². The SMILES string of the molecule is CNC(=O)c1cn(C)nc1C(=O)NC. The van der Waals surface area contributed by atoms with Crippen LogP contribution in [0.3, 0.4) is 0 Å². The summed E-state index contributed by atoms with van der Waals surface area (Å²) < 4.78 is 1.43. The molecule has 0 bridgehead atoms. The Morgan fingerprint density at radius 1 is 1.29 bits per heavy atom. The zero-order chi connectivity index (χ0) is 10.7. The number of amides is 2. The second-order valence-electron chi connectivity index (χ2n) is 2.72. The van der Waals surface area contributed by atoms with Gasteiger partial charge < -0.3 is 10.6 Å². The molecular formula is C8H12N4O2. The zero-order valence-corrected chi connectivity index (χ0v) is 8.29. The van der Waals surface area contributed by atoms with Crippen LogP contribution in [0, 0.1) is 0 Å². The number of nitrogens with zero attached hydrogens (tertiary/aromatic N) is 2. The van der Waals surface area contributed by atoms with E-state index in [2.05, 4.69) is 15.7 Å². The first-order chi connectivity index (χ1) is 6.60. The maximum absolute atomic E-state index is 11.3. The molecule has 0 saturated carbocycles. The number of aromatic nitrogens is 2. The largest absolute Gasteiger partial charge is 0.355 e. The van der Waals surface area contributed by atoms with Gasteiger partial charge in [0.05, 0.1) is 5.56 Å². The fourth-order valence-corrected chi connectivity index (χ4v) is 1.08. The molecule has 0 atom stereocenters. The van der Waals surface area contributed by atoms with Gasteiger partial charge in [-0.15, -0.1) is 0 Å². The van der Waals surface area contributed by atoms with Gasteiger partial charge in [-0.05, 0) is 0 Å². The van der Waals surface area contributed by atoms with Crippen LogP contribution in [-0.2, 0) is 7.05 Å². The highest BCUT2D eigenvalue weighted by atomic mass is 16.2. The Labute approximate surface area is 81.3 Å². The third kappa shape index (κ3) is 1.73. The van der Waals surface area contributed by atoms with E-state index < -0.39 is 0 Å². The number of rotatable bonds is 2. The van der Waals surface area contributed by atoms with Gasteiger partial charge >= 0.3 is 0 Å². The monoisotopic (exact) mass is 196 g/mol. The lowest BCUT2D eigenvalue weighted by Gasteiger charge is -1.98. The van der Waals surface area contributed by atoms with E-state index in [0.717, 1.165) is 0 Å². The van der Waals surface area contributed by atoms with Gasteiger partial charge in [0.2, 0.25) is 0 Å². The van der Waals surface area contributed by atoms with Crippen molar-refractivity contribution in [2.75, 3.05) is 14.1 Å². The van der Waals surface area contributed by atoms with Gasteiger partial charge in [0.25, 0.3) is 11.8 Å². The van der Waals surface area contributed by atoms with Crippen LogP contribution >= 0.6 is 0 Å². The molecule has 14 heavy (non-hydrogen) atoms. The van der Waals surface area contributed by atoms with Crippen molar-refractivity contribution in [2.45, 2.75) is 0 Å². The lowest BCUT2D eigenvalue weighted by Crippen LogP contribution is -2.25. The average molecular weight is 196 g/mol. The summed E-state index contributed by atoms with van der Waals surface area (Å²) in [6.45, 7) is 0. The van der Waals surface area contributed by atoms with E-state index in [9.17, 15) is 9.59 Å². The van der Waals surface area contributed by atoms with Crippen LogP contribution in [0.1, 0.15) is 20.8 Å². The molecule has 0 aromatic carbocycles. The second-order valence-corrected chi connectivity index (χ2v) is 2.72. The van der Waals surface area contributed by atoms with Crippen LogP contribution in [0.5, 0.6) is 0 Å². The third-order valence-electron chi connectivity index (χ3n) is 1.74. The highest BCUT2D eigenvalue weighted by molar-refractivity contribution is 6.05. The summed E-state index contributed by atoms with van der Waals surface area (Å²) in [7, 11) is 4.65. The van der Waals surface area contributed by atoms with Crippen LogP contribution in [0.15, 0.2) is 6.20 Å². The van der Waals surface area contributed by atoms with Gasteiger partial charge in [-0.2, -0.15) is 5.10 Å². The predicted molar refractivity (Wildman–Crippen MR) is 50.0 cm³/mol. The minimum Gasteiger partial charge on any atom is -0.355 e. The summed E-state index contributed by atoms with van der Waals surface area (Å²) in [5.74, 6) is -0.694. The Morgan fingerprint density at radius 2 is 1.86 bits per heavy atom. The van der Waals surface area contributed by atoms with Crippen LogP contribution < -0.4 is 10.6 Å². The van der Waals surface area contributed by atoms with E-state index in [1.807, 2.05) is 0 Å². The molecule has 6 heteroatoms. The average Bonchev–Trinajstić information content (AvgIpc) is 2.58. The number of carbonyl (C=O) groups is 2. The lowest BCUT2D eigenvalue weighted by atomic mass is 10.2. The van der Waals surface area contributed by atoms with Crippen LogP contribution in [0.2, 0.25) is 0 Å². The third-order valence-corrected chi connectivity index (χ3v) is 1.74. The zero-order valence-electron chi connectivity index (χ0n) is 8.29. The number of hydrogen-bond acceptors (Lipinski definition) is 3. The van der Waals surface area contributed by atoms with E-state index in [4.69, 9.17) is 0 Å². The molecule has 0 fully saturated rings. The Balaban J connectivity index is 3.15. The normalized spacial score (nSPS) is 9.64. The van der Waals surface area contributed by atoms with Crippen LogP contribution in [0.25, 0.3) is 0 Å². The highest BCUT2D eigenvalue weighted by Crippen LogP contribution is 2.05. The molecule has 0 aliphatic carbocycles. The quantitative estimate of drug-likeness (QED) is 0.646. The van der Waals surface area contributed by atoms with Crippen LogP contribution in [-0.4, -0.2) is 35.7 Å². The molecule has 1 aromatic heterocycles. The first-order valence-electron chi connectivity index (χ1n) is 4.08. The highest BCUT2D eigenvalue weighted by Gasteiger charge is 2.19. The molecule has 2 N–H and O–H groups in total. The Hall–Kier alpha value is -1.85. The van der Waals surface area contributed by atoms with Crippen molar-refractivity contribution in [3.8, 4) is 0 Å². The first kappa shape index (κ1) is 10.2. The maximum atomic E-state index is 11.3. The van der Waals surface area contributed by atoms with Crippen molar-refractivity contribution in [2.24, 2.45) is 7.05 Å². The topological polar surface area (TPSA) is 76.0 Å². The van der Waals surface area contributed by atoms with Gasteiger partial charge in [0.1, 0.15) is 0 Å². The Kier molecular flexibility index (Phi) is 2.85. The summed E-state index contributed by atoms with van der Waals surface area (Å²) >= 11 is 0. The van der Waals surface area contributed by atoms with Gasteiger partial charge in [0.15, 0.2) is 5.69 Å². The molecule has 0 saturated heterocycles. The molecule has 1 heterocycles. The molecule has 0 spiro atoms. The Bertz CT molecular complexity index is 336. The van der Waals surface area contributed by atoms with Gasteiger partial charge in [-0.25, -0.2) is 0 Å². The van der Waals surface area contributed by atoms with Crippen molar-refractivity contribution >= 4 is 11.8 Å². The van der Waals surface area contributed by atoms with Crippen LogP contribution in [0.4, 0.5) is 0 Å². The van der Waals surface area contributed by atoms with E-state index in [1.165, 1.54) is 25.0 Å². The minimum absolute atomic E-state index is 0.134. The summed E-state index contributed by atoms with van der Waals surface area (Å²) in [5.41, 5.74) is 0.406. The lowest BCUT2D eigenvalue weighted by molar-refractivity contribution is 0.0926. The molecule has 0 unspecified atom stereocenters. The van der Waals surface area contributed by atoms with Gasteiger partial charge in [0, 0.05) is 27.3 Å². The Morgan fingerprint density at radius 3 is 2.36 bits per heavy atom. The molecule has 1 rings (SSSR count). The summed E-state index contributed by atoms with van der Waals surface area (Å²) in [6.07, 6.45) is 1.50. The molecule has 0 radical (unpaired) electrons. The van der Waals surface area contributed by atoms with Crippen molar-refractivity contribution < 1.29 is 9.59 Å². The summed E-state index contributed by atoms with van der Waals surface area (Å²) in [6, 6.07) is 0. The van der Waals surface area contributed by atoms with E-state index in [1.54, 1.807) is 7.05 Å². The predicted octanol–water partition coefficient (Wildman–Crippen LogP) is -0.861. The number of hydrogen-bond donors (Lipinski definition) is 2. The molecule has 0 aliphatic heterocycles. The molecule has 76 valence electrons. The number of carbonyl (C=O) groups excluding carboxylic acids is 2. The molecular weight excluding hydrogens is 184 g/mol. The molecule has 2 amide bonds. The van der Waals surface area contributed by atoms with E-state index in [-0.39, 0.29) is 23.1 Å². The minimum atomic E-state index is -0.371. The molecule has 6 nitrogen and oxygen atoms in total. The summed E-state index contributed by atoms with van der Waals surface area (Å²) in [4.78, 5) is 22.6. The molecule has 0 aliphatic rings. The maximum Gasteiger partial charge on any atom is 0.272 e. The standard InChI is InChI=1S/C8H12N4O2/c1-9-7(13)5-4-12(3)11-6(5)8(14)10-2/h4H,1-3H3,(H,9,13)(H,10,14).